The Morgan fingerprint density at radius 1 is 1.62 bits per heavy atom. The quantitative estimate of drug-likeness (QED) is 0.426. The molecule has 3 nitrogen and oxygen atoms in total. The van der Waals surface area contributed by atoms with Crippen LogP contribution in [0.15, 0.2) is 11.8 Å². The van der Waals surface area contributed by atoms with Crippen molar-refractivity contribution < 1.29 is 18.3 Å². The fourth-order valence-electron chi connectivity index (χ4n) is 0.396. The van der Waals surface area contributed by atoms with E-state index in [4.69, 9.17) is 15.8 Å². The summed E-state index contributed by atoms with van der Waals surface area (Å²) in [5.41, 5.74) is -1.64. The molecule has 0 bridgehead atoms. The molecule has 0 aliphatic rings. The molecule has 0 aromatic rings. The molecule has 0 unspecified atom stereocenters. The van der Waals surface area contributed by atoms with Crippen molar-refractivity contribution in [2.24, 2.45) is 0 Å². The minimum absolute atomic E-state index is 0.255. The van der Waals surface area contributed by atoms with Gasteiger partial charge < -0.3 is 5.11 Å². The van der Waals surface area contributed by atoms with Crippen molar-refractivity contribution in [1.82, 2.24) is 0 Å². The van der Waals surface area contributed by atoms with Crippen LogP contribution >= 0.6 is 11.8 Å². The summed E-state index contributed by atoms with van der Waals surface area (Å²) in [5, 5.41) is 24.8. The molecule has 0 saturated heterocycles. The lowest BCUT2D eigenvalue weighted by atomic mass is 10.3. The molecule has 0 amide bonds. The van der Waals surface area contributed by atoms with Crippen molar-refractivity contribution in [1.29, 1.82) is 10.7 Å². The van der Waals surface area contributed by atoms with Crippen LogP contribution < -0.4 is 0 Å². The number of rotatable bonds is 3. The van der Waals surface area contributed by atoms with Gasteiger partial charge >= 0.3 is 6.18 Å². The summed E-state index contributed by atoms with van der Waals surface area (Å²) in [6.07, 6.45) is -4.48. The first-order valence-corrected chi connectivity index (χ1v) is 3.92. The van der Waals surface area contributed by atoms with Crippen molar-refractivity contribution in [3.63, 3.8) is 0 Å². The van der Waals surface area contributed by atoms with Crippen LogP contribution in [0.4, 0.5) is 13.2 Å². The number of nitrogens with zero attached hydrogens (tertiary/aromatic N) is 1. The number of thiocyanates is 1. The van der Waals surface area contributed by atoms with Gasteiger partial charge in [0.15, 0.2) is 0 Å². The second-order valence-electron chi connectivity index (χ2n) is 1.93. The van der Waals surface area contributed by atoms with E-state index in [9.17, 15) is 13.2 Å². The van der Waals surface area contributed by atoms with Crippen LogP contribution in [0, 0.1) is 16.1 Å². The Kier molecular flexibility index (Phi) is 4.34. The molecule has 0 aromatic heterocycles. The molecule has 0 rings (SSSR count). The number of halogens is 3. The topological polar surface area (TPSA) is 67.9 Å². The first-order valence-electron chi connectivity index (χ1n) is 2.94. The monoisotopic (exact) mass is 210 g/mol. The zero-order chi connectivity index (χ0) is 10.5. The summed E-state index contributed by atoms with van der Waals surface area (Å²) >= 11 is 0.592. The molecule has 0 aromatic carbocycles. The van der Waals surface area contributed by atoms with E-state index in [1.165, 1.54) is 0 Å². The molecular formula is C6H5F3N2OS. The number of allylic oxidation sites excluding steroid dienone is 1. The number of aliphatic hydroxyl groups excluding tert-OH is 1. The number of hydrogen-bond acceptors (Lipinski definition) is 4. The molecule has 0 atom stereocenters. The lowest BCUT2D eigenvalue weighted by Gasteiger charge is -2.03. The second kappa shape index (κ2) is 4.77. The third kappa shape index (κ3) is 5.14. The van der Waals surface area contributed by atoms with Gasteiger partial charge in [0.05, 0.1) is 5.75 Å². The van der Waals surface area contributed by atoms with Gasteiger partial charge in [0.2, 0.25) is 0 Å². The van der Waals surface area contributed by atoms with E-state index >= 15 is 0 Å². The van der Waals surface area contributed by atoms with E-state index < -0.39 is 17.6 Å². The molecule has 0 saturated carbocycles. The predicted molar refractivity (Wildman–Crippen MR) is 42.6 cm³/mol. The molecule has 0 spiro atoms. The van der Waals surface area contributed by atoms with Gasteiger partial charge in [-0.05, 0) is 11.8 Å². The molecule has 0 radical (unpaired) electrons. The summed E-state index contributed by atoms with van der Waals surface area (Å²) in [5.74, 6) is -0.900. The van der Waals surface area contributed by atoms with Gasteiger partial charge in [0.25, 0.3) is 0 Å². The lowest BCUT2D eigenvalue weighted by molar-refractivity contribution is -0.0585. The largest absolute Gasteiger partial charge is 0.511 e. The molecule has 72 valence electrons. The minimum atomic E-state index is -4.76. The standard InChI is InChI=1S/C6H5F3N2OS/c7-6(8,9)5(11)1-4(12)2-13-3-10/h1,11-12H,2H2/b4-1-,11-5?. The normalized spacial score (nSPS) is 12.3. The smallest absolute Gasteiger partial charge is 0.432 e. The van der Waals surface area contributed by atoms with E-state index in [1.807, 2.05) is 0 Å². The van der Waals surface area contributed by atoms with Gasteiger partial charge in [-0.3, -0.25) is 5.41 Å². The van der Waals surface area contributed by atoms with Crippen LogP contribution in [0.1, 0.15) is 0 Å². The zero-order valence-corrected chi connectivity index (χ0v) is 7.04. The van der Waals surface area contributed by atoms with Crippen molar-refractivity contribution >= 4 is 17.5 Å². The fraction of sp³-hybridized carbons (Fsp3) is 0.333. The average molecular weight is 210 g/mol. The maximum absolute atomic E-state index is 11.7. The Bertz CT molecular complexity index is 266. The highest BCUT2D eigenvalue weighted by Crippen LogP contribution is 2.18. The number of nitrogens with one attached hydrogen (secondary N) is 1. The second-order valence-corrected chi connectivity index (χ2v) is 2.69. The number of aliphatic hydroxyl groups is 1. The third-order valence-corrected chi connectivity index (χ3v) is 1.47. The van der Waals surface area contributed by atoms with E-state index in [1.54, 1.807) is 5.40 Å². The molecule has 0 heterocycles. The van der Waals surface area contributed by atoms with Gasteiger partial charge in [-0.2, -0.15) is 18.4 Å². The van der Waals surface area contributed by atoms with Crippen LogP contribution in [0.3, 0.4) is 0 Å². The molecule has 0 aliphatic carbocycles. The van der Waals surface area contributed by atoms with E-state index in [-0.39, 0.29) is 11.8 Å². The highest BCUT2D eigenvalue weighted by Gasteiger charge is 2.32. The van der Waals surface area contributed by atoms with Crippen molar-refractivity contribution in [3.8, 4) is 5.40 Å². The number of thioether (sulfide) groups is 1. The Hall–Kier alpha value is -1.16. The van der Waals surface area contributed by atoms with E-state index in [0.29, 0.717) is 11.8 Å². The molecule has 0 aliphatic heterocycles. The maximum atomic E-state index is 11.7. The highest BCUT2D eigenvalue weighted by molar-refractivity contribution is 8.03. The van der Waals surface area contributed by atoms with Crippen molar-refractivity contribution in [2.45, 2.75) is 6.18 Å². The van der Waals surface area contributed by atoms with Crippen LogP contribution in [0.25, 0.3) is 0 Å². The first-order chi connectivity index (χ1) is 5.88. The van der Waals surface area contributed by atoms with Crippen LogP contribution in [-0.4, -0.2) is 22.7 Å². The predicted octanol–water partition coefficient (Wildman–Crippen LogP) is 2.22. The first kappa shape index (κ1) is 11.8. The molecule has 7 heteroatoms. The summed E-state index contributed by atoms with van der Waals surface area (Å²) in [7, 11) is 0. The fourth-order valence-corrected chi connectivity index (χ4v) is 0.692. The lowest BCUT2D eigenvalue weighted by Crippen LogP contribution is -2.20. The van der Waals surface area contributed by atoms with Gasteiger partial charge in [-0.15, -0.1) is 0 Å². The Balaban J connectivity index is 4.25. The van der Waals surface area contributed by atoms with E-state index in [0.717, 1.165) is 0 Å². The van der Waals surface area contributed by atoms with Gasteiger partial charge in [-0.25, -0.2) is 0 Å². The summed E-state index contributed by atoms with van der Waals surface area (Å²) in [6.45, 7) is 0. The summed E-state index contributed by atoms with van der Waals surface area (Å²) in [4.78, 5) is 0. The summed E-state index contributed by atoms with van der Waals surface area (Å²) < 4.78 is 35.0. The number of nitriles is 1. The molecule has 2 N–H and O–H groups in total. The van der Waals surface area contributed by atoms with Gasteiger partial charge in [0, 0.05) is 6.08 Å². The van der Waals surface area contributed by atoms with Crippen molar-refractivity contribution in [2.75, 3.05) is 5.75 Å². The molecular weight excluding hydrogens is 205 g/mol. The number of alkyl halides is 3. The SMILES string of the molecule is N#CSC/C(O)=C/C(=N)C(F)(F)F. The summed E-state index contributed by atoms with van der Waals surface area (Å²) in [6, 6.07) is 0. The Morgan fingerprint density at radius 2 is 2.15 bits per heavy atom. The minimum Gasteiger partial charge on any atom is -0.511 e. The van der Waals surface area contributed by atoms with E-state index in [2.05, 4.69) is 0 Å². The van der Waals surface area contributed by atoms with Crippen LogP contribution in [0.5, 0.6) is 0 Å². The van der Waals surface area contributed by atoms with Crippen molar-refractivity contribution in [3.05, 3.63) is 11.8 Å². The van der Waals surface area contributed by atoms with Gasteiger partial charge in [-0.1, -0.05) is 0 Å². The number of hydrogen-bond donors (Lipinski definition) is 2. The zero-order valence-electron chi connectivity index (χ0n) is 6.22. The van der Waals surface area contributed by atoms with Crippen LogP contribution in [0.2, 0.25) is 0 Å². The van der Waals surface area contributed by atoms with Gasteiger partial charge in [0.1, 0.15) is 16.9 Å². The van der Waals surface area contributed by atoms with Crippen LogP contribution in [-0.2, 0) is 0 Å². The molecule has 13 heavy (non-hydrogen) atoms. The molecule has 0 fully saturated rings. The highest BCUT2D eigenvalue weighted by atomic mass is 32.2. The Labute approximate surface area is 76.4 Å². The maximum Gasteiger partial charge on any atom is 0.432 e. The average Bonchev–Trinajstić information content (AvgIpc) is 1.99. The Morgan fingerprint density at radius 3 is 2.54 bits per heavy atom. The third-order valence-electron chi connectivity index (χ3n) is 0.901.